The first kappa shape index (κ1) is 16.7. The predicted molar refractivity (Wildman–Crippen MR) is 83.5 cm³/mol. The molecule has 1 amide bonds. The molecule has 0 saturated heterocycles. The van der Waals surface area contributed by atoms with Crippen molar-refractivity contribution < 1.29 is 9.72 Å². The van der Waals surface area contributed by atoms with Crippen molar-refractivity contribution in [2.45, 2.75) is 20.8 Å². The van der Waals surface area contributed by atoms with E-state index < -0.39 is 10.8 Å². The quantitative estimate of drug-likeness (QED) is 0.564. The largest absolute Gasteiger partial charge is 0.380 e. The van der Waals surface area contributed by atoms with E-state index in [1.165, 1.54) is 0 Å². The van der Waals surface area contributed by atoms with Crippen LogP contribution in [-0.2, 0) is 4.79 Å². The molecule has 0 radical (unpaired) electrons. The van der Waals surface area contributed by atoms with E-state index in [2.05, 4.69) is 5.32 Å². The molecule has 3 N–H and O–H groups in total. The number of rotatable bonds is 8. The lowest BCUT2D eigenvalue weighted by atomic mass is 10.1. The third-order valence-corrected chi connectivity index (χ3v) is 2.84. The first-order valence-electron chi connectivity index (χ1n) is 6.91. The molecule has 1 rings (SSSR count). The van der Waals surface area contributed by atoms with E-state index in [-0.39, 0.29) is 18.2 Å². The minimum atomic E-state index is -0.515. The molecular formula is C14H22N4O3. The molecule has 0 unspecified atom stereocenters. The highest BCUT2D eigenvalue weighted by atomic mass is 16.6. The van der Waals surface area contributed by atoms with Crippen LogP contribution in [0.5, 0.6) is 0 Å². The minimum absolute atomic E-state index is 0.0266. The molecule has 0 aromatic heterocycles. The van der Waals surface area contributed by atoms with Gasteiger partial charge in [0, 0.05) is 13.1 Å². The number of anilines is 2. The van der Waals surface area contributed by atoms with Crippen molar-refractivity contribution in [3.8, 4) is 0 Å². The van der Waals surface area contributed by atoms with E-state index >= 15 is 0 Å². The normalized spacial score (nSPS) is 10.5. The summed E-state index contributed by atoms with van der Waals surface area (Å²) >= 11 is 0. The monoisotopic (exact) mass is 294 g/mol. The number of para-hydroxylation sites is 1. The van der Waals surface area contributed by atoms with Crippen LogP contribution in [0.4, 0.5) is 17.1 Å². The second-order valence-electron chi connectivity index (χ2n) is 5.20. The molecular weight excluding hydrogens is 272 g/mol. The van der Waals surface area contributed by atoms with E-state index in [1.807, 2.05) is 20.8 Å². The Balaban J connectivity index is 3.31. The van der Waals surface area contributed by atoms with Gasteiger partial charge in [-0.3, -0.25) is 14.9 Å². The molecule has 7 nitrogen and oxygen atoms in total. The average molecular weight is 294 g/mol. The Morgan fingerprint density at radius 3 is 2.62 bits per heavy atom. The highest BCUT2D eigenvalue weighted by molar-refractivity contribution is 5.83. The fourth-order valence-corrected chi connectivity index (χ4v) is 2.19. The zero-order chi connectivity index (χ0) is 16.0. The van der Waals surface area contributed by atoms with Crippen LogP contribution >= 0.6 is 0 Å². The number of carbonyl (C=O) groups excluding carboxylic acids is 1. The van der Waals surface area contributed by atoms with Gasteiger partial charge >= 0.3 is 5.69 Å². The first-order valence-corrected chi connectivity index (χ1v) is 6.91. The summed E-state index contributed by atoms with van der Waals surface area (Å²) < 4.78 is 0. The van der Waals surface area contributed by atoms with Gasteiger partial charge in [0.15, 0.2) is 0 Å². The second-order valence-corrected chi connectivity index (χ2v) is 5.20. The van der Waals surface area contributed by atoms with Gasteiger partial charge in [-0.1, -0.05) is 19.9 Å². The van der Waals surface area contributed by atoms with E-state index in [0.29, 0.717) is 24.5 Å². The first-order chi connectivity index (χ1) is 9.86. The van der Waals surface area contributed by atoms with Gasteiger partial charge in [0.25, 0.3) is 0 Å². The highest BCUT2D eigenvalue weighted by Gasteiger charge is 2.24. The van der Waals surface area contributed by atoms with Crippen molar-refractivity contribution in [2.75, 3.05) is 29.9 Å². The van der Waals surface area contributed by atoms with Crippen molar-refractivity contribution >= 4 is 23.0 Å². The molecule has 1 aromatic rings. The van der Waals surface area contributed by atoms with Crippen LogP contribution in [0.1, 0.15) is 20.8 Å². The molecule has 0 bridgehead atoms. The Morgan fingerprint density at radius 2 is 2.14 bits per heavy atom. The smallest absolute Gasteiger partial charge is 0.315 e. The Kier molecular flexibility index (Phi) is 5.95. The second kappa shape index (κ2) is 7.47. The van der Waals surface area contributed by atoms with Gasteiger partial charge in [-0.15, -0.1) is 0 Å². The van der Waals surface area contributed by atoms with Gasteiger partial charge in [0.2, 0.25) is 5.91 Å². The number of nitro benzene ring substituents is 1. The van der Waals surface area contributed by atoms with Gasteiger partial charge < -0.3 is 16.0 Å². The number of amides is 1. The maximum Gasteiger partial charge on any atom is 0.315 e. The lowest BCUT2D eigenvalue weighted by Gasteiger charge is -2.25. The van der Waals surface area contributed by atoms with Crippen LogP contribution in [0.25, 0.3) is 0 Å². The fourth-order valence-electron chi connectivity index (χ4n) is 2.19. The highest BCUT2D eigenvalue weighted by Crippen LogP contribution is 2.35. The molecule has 0 saturated carbocycles. The van der Waals surface area contributed by atoms with Crippen molar-refractivity contribution in [2.24, 2.45) is 11.7 Å². The average Bonchev–Trinajstić information content (AvgIpc) is 2.36. The summed E-state index contributed by atoms with van der Waals surface area (Å²) in [6.45, 7) is 6.87. The Morgan fingerprint density at radius 1 is 1.48 bits per heavy atom. The lowest BCUT2D eigenvalue weighted by Crippen LogP contribution is -2.36. The Bertz CT molecular complexity index is 517. The summed E-state index contributed by atoms with van der Waals surface area (Å²) in [5.41, 5.74) is 6.09. The number of nitrogens with one attached hydrogen (secondary N) is 1. The number of nitro groups is 1. The van der Waals surface area contributed by atoms with Gasteiger partial charge in [0.1, 0.15) is 11.4 Å². The number of nitrogens with two attached hydrogens (primary N) is 1. The van der Waals surface area contributed by atoms with Gasteiger partial charge in [-0.05, 0) is 25.0 Å². The number of nitrogens with zero attached hydrogens (tertiary/aromatic N) is 2. The summed E-state index contributed by atoms with van der Waals surface area (Å²) in [7, 11) is 0. The summed E-state index contributed by atoms with van der Waals surface area (Å²) in [5, 5.41) is 14.4. The number of hydrogen-bond donors (Lipinski definition) is 2. The summed E-state index contributed by atoms with van der Waals surface area (Å²) in [6.07, 6.45) is 0. The lowest BCUT2D eigenvalue weighted by molar-refractivity contribution is -0.383. The van der Waals surface area contributed by atoms with Crippen molar-refractivity contribution in [3.63, 3.8) is 0 Å². The topological polar surface area (TPSA) is 102 Å². The molecule has 21 heavy (non-hydrogen) atoms. The van der Waals surface area contributed by atoms with Crippen LogP contribution in [0.15, 0.2) is 18.2 Å². The zero-order valence-corrected chi connectivity index (χ0v) is 12.6. The Hall–Kier alpha value is -2.31. The molecule has 116 valence electrons. The summed E-state index contributed by atoms with van der Waals surface area (Å²) in [5.74, 6) is -0.273. The number of hydrogen-bond acceptors (Lipinski definition) is 5. The van der Waals surface area contributed by atoms with Gasteiger partial charge in [-0.25, -0.2) is 0 Å². The molecule has 0 aliphatic carbocycles. The Labute approximate surface area is 124 Å². The molecule has 0 fully saturated rings. The van der Waals surface area contributed by atoms with Crippen molar-refractivity contribution in [1.29, 1.82) is 0 Å². The predicted octanol–water partition coefficient (Wildman–Crippen LogP) is 1.97. The van der Waals surface area contributed by atoms with Gasteiger partial charge in [-0.2, -0.15) is 0 Å². The summed E-state index contributed by atoms with van der Waals surface area (Å²) in [4.78, 5) is 23.9. The molecule has 0 atom stereocenters. The SMILES string of the molecule is CCNc1cccc(N(CC(N)=O)CC(C)C)c1[N+](=O)[O-]. The van der Waals surface area contributed by atoms with Crippen LogP contribution in [-0.4, -0.2) is 30.5 Å². The van der Waals surface area contributed by atoms with Crippen LogP contribution in [0.2, 0.25) is 0 Å². The van der Waals surface area contributed by atoms with Crippen molar-refractivity contribution in [1.82, 2.24) is 0 Å². The maximum atomic E-state index is 11.4. The number of primary amides is 1. The number of carbonyl (C=O) groups is 1. The molecule has 0 spiro atoms. The van der Waals surface area contributed by atoms with E-state index in [1.54, 1.807) is 23.1 Å². The number of benzene rings is 1. The molecule has 1 aromatic carbocycles. The maximum absolute atomic E-state index is 11.4. The van der Waals surface area contributed by atoms with Crippen LogP contribution in [0, 0.1) is 16.0 Å². The molecule has 0 aliphatic heterocycles. The summed E-state index contributed by atoms with van der Waals surface area (Å²) in [6, 6.07) is 5.03. The van der Waals surface area contributed by atoms with Crippen LogP contribution in [0.3, 0.4) is 0 Å². The standard InChI is InChI=1S/C14H22N4O3/c1-4-16-11-6-5-7-12(14(11)18(20)21)17(8-10(2)3)9-13(15)19/h5-7,10,16H,4,8-9H2,1-3H3,(H2,15,19). The van der Waals surface area contributed by atoms with E-state index in [0.717, 1.165) is 0 Å². The van der Waals surface area contributed by atoms with E-state index in [9.17, 15) is 14.9 Å². The van der Waals surface area contributed by atoms with Crippen LogP contribution < -0.4 is 16.0 Å². The third kappa shape index (κ3) is 4.62. The zero-order valence-electron chi connectivity index (χ0n) is 12.6. The van der Waals surface area contributed by atoms with E-state index in [4.69, 9.17) is 5.73 Å². The van der Waals surface area contributed by atoms with Gasteiger partial charge in [0.05, 0.1) is 11.5 Å². The van der Waals surface area contributed by atoms with Crippen molar-refractivity contribution in [3.05, 3.63) is 28.3 Å². The molecule has 0 heterocycles. The minimum Gasteiger partial charge on any atom is -0.380 e. The molecule has 0 aliphatic rings. The third-order valence-electron chi connectivity index (χ3n) is 2.84. The molecule has 7 heteroatoms. The fraction of sp³-hybridized carbons (Fsp3) is 0.500.